The van der Waals surface area contributed by atoms with Gasteiger partial charge in [-0.2, -0.15) is 0 Å². The zero-order valence-electron chi connectivity index (χ0n) is 16.0. The number of hydrogen-bond donors (Lipinski definition) is 1. The van der Waals surface area contributed by atoms with E-state index in [4.69, 9.17) is 0 Å². The maximum atomic E-state index is 11.4. The van der Waals surface area contributed by atoms with Crippen molar-refractivity contribution >= 4 is 24.8 Å². The van der Waals surface area contributed by atoms with E-state index in [0.717, 1.165) is 11.1 Å². The predicted octanol–water partition coefficient (Wildman–Crippen LogP) is 4.64. The fourth-order valence-corrected chi connectivity index (χ4v) is 3.27. The fraction of sp³-hybridized carbons (Fsp3) is 0.400. The Bertz CT molecular complexity index is 995. The zero-order chi connectivity index (χ0) is 19.3. The smallest absolute Gasteiger partial charge is 0.194 e. The van der Waals surface area contributed by atoms with Crippen molar-refractivity contribution in [1.82, 2.24) is 15.0 Å². The molecule has 0 aliphatic rings. The second kappa shape index (κ2) is 6.17. The van der Waals surface area contributed by atoms with Crippen LogP contribution in [0.4, 0.5) is 0 Å². The highest BCUT2D eigenvalue weighted by Gasteiger charge is 2.26. The molecular weight excluding hydrogens is 345 g/mol. The van der Waals surface area contributed by atoms with E-state index in [2.05, 4.69) is 57.8 Å². The maximum Gasteiger partial charge on any atom is 0.194 e. The first-order chi connectivity index (χ1) is 12.0. The van der Waals surface area contributed by atoms with Gasteiger partial charge in [0.1, 0.15) is 22.5 Å². The van der Waals surface area contributed by atoms with Crippen LogP contribution in [0.5, 0.6) is 5.75 Å². The van der Waals surface area contributed by atoms with E-state index in [1.165, 1.54) is 4.80 Å². The van der Waals surface area contributed by atoms with E-state index in [9.17, 15) is 9.67 Å². The number of phenolic OH excluding ortho intramolecular Hbond substituents is 1. The number of benzene rings is 2. The van der Waals surface area contributed by atoms with Crippen LogP contribution in [0.3, 0.4) is 0 Å². The highest BCUT2D eigenvalue weighted by Crippen LogP contribution is 2.39. The molecule has 1 aromatic heterocycles. The van der Waals surface area contributed by atoms with Gasteiger partial charge in [0.15, 0.2) is 8.46 Å². The van der Waals surface area contributed by atoms with Crippen molar-refractivity contribution in [1.29, 1.82) is 0 Å². The predicted molar refractivity (Wildman–Crippen MR) is 105 cm³/mol. The Morgan fingerprint density at radius 2 is 1.69 bits per heavy atom. The van der Waals surface area contributed by atoms with Crippen LogP contribution < -0.4 is 5.30 Å². The van der Waals surface area contributed by atoms with Crippen molar-refractivity contribution in [3.63, 3.8) is 0 Å². The molecule has 3 rings (SSSR count). The Hall–Kier alpha value is -2.26. The van der Waals surface area contributed by atoms with Gasteiger partial charge in [-0.3, -0.25) is 4.57 Å². The van der Waals surface area contributed by atoms with Crippen LogP contribution in [-0.4, -0.2) is 20.1 Å². The Kier molecular flexibility index (Phi) is 4.40. The third kappa shape index (κ3) is 3.24. The summed E-state index contributed by atoms with van der Waals surface area (Å²) in [4.78, 5) is 1.44. The largest absolute Gasteiger partial charge is 0.505 e. The van der Waals surface area contributed by atoms with Gasteiger partial charge in [-0.05, 0) is 34.6 Å². The second-order valence-electron chi connectivity index (χ2n) is 8.62. The van der Waals surface area contributed by atoms with Gasteiger partial charge in [-0.15, -0.1) is 15.0 Å². The van der Waals surface area contributed by atoms with Crippen LogP contribution in [0.15, 0.2) is 30.3 Å². The normalized spacial score (nSPS) is 12.8. The molecular formula is C20H24N3O2P. The molecule has 5 nitrogen and oxygen atoms in total. The highest BCUT2D eigenvalue weighted by molar-refractivity contribution is 7.34. The summed E-state index contributed by atoms with van der Waals surface area (Å²) in [6.07, 6.45) is 0. The van der Waals surface area contributed by atoms with Crippen molar-refractivity contribution in [2.45, 2.75) is 52.4 Å². The quantitative estimate of drug-likeness (QED) is 0.668. The van der Waals surface area contributed by atoms with Crippen LogP contribution in [0.25, 0.3) is 16.7 Å². The second-order valence-corrected chi connectivity index (χ2v) is 9.28. The first-order valence-corrected chi connectivity index (χ1v) is 9.41. The number of nitrogens with zero attached hydrogens (tertiary/aromatic N) is 3. The summed E-state index contributed by atoms with van der Waals surface area (Å²) < 4.78 is 11.4. The average molecular weight is 369 g/mol. The van der Waals surface area contributed by atoms with E-state index >= 15 is 0 Å². The number of fused-ring (bicyclic) bond motifs is 1. The molecule has 0 unspecified atom stereocenters. The maximum absolute atomic E-state index is 11.4. The molecule has 0 bridgehead atoms. The summed E-state index contributed by atoms with van der Waals surface area (Å²) >= 11 is 0. The van der Waals surface area contributed by atoms with Crippen LogP contribution in [0, 0.1) is 0 Å². The van der Waals surface area contributed by atoms with Crippen molar-refractivity contribution < 1.29 is 9.67 Å². The molecule has 0 radical (unpaired) electrons. The summed E-state index contributed by atoms with van der Waals surface area (Å²) in [5, 5.41) is 20.5. The molecule has 0 amide bonds. The van der Waals surface area contributed by atoms with Gasteiger partial charge in [-0.25, -0.2) is 0 Å². The van der Waals surface area contributed by atoms with Crippen molar-refractivity contribution in [3.05, 3.63) is 41.5 Å². The highest BCUT2D eigenvalue weighted by atomic mass is 31.1. The first-order valence-electron chi connectivity index (χ1n) is 8.60. The third-order valence-electron chi connectivity index (χ3n) is 4.47. The van der Waals surface area contributed by atoms with Crippen molar-refractivity contribution in [3.8, 4) is 11.4 Å². The fourth-order valence-electron chi connectivity index (χ4n) is 2.88. The van der Waals surface area contributed by atoms with Crippen LogP contribution in [0.1, 0.15) is 52.7 Å². The minimum atomic E-state index is -0.231. The molecule has 0 spiro atoms. The standard InChI is InChI=1S/C20H24N3O2P/c1-19(2,3)12-10-13(20(4,5)6)18(24)15(11-12)23-21-14-8-7-9-16(26-25)17(14)22-23/h7-11,24H,1-6H3. The summed E-state index contributed by atoms with van der Waals surface area (Å²) in [5.74, 6) is 0.173. The Balaban J connectivity index is 2.32. The number of aromatic nitrogens is 3. The molecule has 6 heteroatoms. The molecule has 0 aliphatic carbocycles. The van der Waals surface area contributed by atoms with Crippen LogP contribution in [-0.2, 0) is 15.4 Å². The molecule has 0 saturated carbocycles. The lowest BCUT2D eigenvalue weighted by Gasteiger charge is -2.27. The molecule has 0 fully saturated rings. The number of hydrogen-bond acceptors (Lipinski definition) is 4. The van der Waals surface area contributed by atoms with Crippen LogP contribution >= 0.6 is 8.46 Å². The van der Waals surface area contributed by atoms with E-state index in [0.29, 0.717) is 22.0 Å². The summed E-state index contributed by atoms with van der Waals surface area (Å²) in [6.45, 7) is 12.6. The molecule has 3 aromatic rings. The Morgan fingerprint density at radius 1 is 1.00 bits per heavy atom. The summed E-state index contributed by atoms with van der Waals surface area (Å²) in [5.41, 5.74) is 3.37. The minimum absolute atomic E-state index is 0.0895. The zero-order valence-corrected chi connectivity index (χ0v) is 16.9. The number of aromatic hydroxyl groups is 1. The van der Waals surface area contributed by atoms with E-state index in [1.54, 1.807) is 12.1 Å². The van der Waals surface area contributed by atoms with Gasteiger partial charge < -0.3 is 5.11 Å². The van der Waals surface area contributed by atoms with Gasteiger partial charge in [-0.1, -0.05) is 53.7 Å². The van der Waals surface area contributed by atoms with E-state index in [1.807, 2.05) is 12.1 Å². The van der Waals surface area contributed by atoms with Gasteiger partial charge in [0.2, 0.25) is 0 Å². The van der Waals surface area contributed by atoms with Crippen LogP contribution in [0.2, 0.25) is 0 Å². The lowest BCUT2D eigenvalue weighted by Crippen LogP contribution is -2.18. The molecule has 2 aromatic carbocycles. The molecule has 136 valence electrons. The topological polar surface area (TPSA) is 68.0 Å². The SMILES string of the molecule is CC(C)(C)c1cc(-n2nc3cccc(P=O)c3n2)c(O)c(C(C)(C)C)c1. The Labute approximate surface area is 155 Å². The third-order valence-corrected chi connectivity index (χ3v) is 5.03. The molecule has 1 heterocycles. The van der Waals surface area contributed by atoms with Gasteiger partial charge in [0.05, 0.1) is 5.30 Å². The van der Waals surface area contributed by atoms with E-state index in [-0.39, 0.29) is 25.0 Å². The number of phenols is 1. The Morgan fingerprint density at radius 3 is 2.27 bits per heavy atom. The number of rotatable bonds is 2. The van der Waals surface area contributed by atoms with E-state index < -0.39 is 0 Å². The average Bonchev–Trinajstić information content (AvgIpc) is 2.96. The van der Waals surface area contributed by atoms with Crippen molar-refractivity contribution in [2.75, 3.05) is 0 Å². The molecule has 0 saturated heterocycles. The summed E-state index contributed by atoms with van der Waals surface area (Å²) in [6, 6.07) is 9.36. The molecule has 26 heavy (non-hydrogen) atoms. The molecule has 0 aliphatic heterocycles. The van der Waals surface area contributed by atoms with Crippen molar-refractivity contribution in [2.24, 2.45) is 0 Å². The van der Waals surface area contributed by atoms with Gasteiger partial charge in [0, 0.05) is 5.56 Å². The minimum Gasteiger partial charge on any atom is -0.505 e. The van der Waals surface area contributed by atoms with Gasteiger partial charge >= 0.3 is 0 Å². The monoisotopic (exact) mass is 369 g/mol. The molecule has 0 atom stereocenters. The lowest BCUT2D eigenvalue weighted by molar-refractivity contribution is 0.438. The van der Waals surface area contributed by atoms with Gasteiger partial charge in [0.25, 0.3) is 0 Å². The lowest BCUT2D eigenvalue weighted by atomic mass is 9.80. The molecule has 1 N–H and O–H groups in total. The summed E-state index contributed by atoms with van der Waals surface area (Å²) in [7, 11) is -0.101. The first kappa shape index (κ1) is 18.5.